The molecule has 0 spiro atoms. The van der Waals surface area contributed by atoms with Crippen LogP contribution in [0.15, 0.2) is 24.4 Å². The number of ether oxygens (including phenoxy) is 5. The first kappa shape index (κ1) is 30.7. The lowest BCUT2D eigenvalue weighted by Gasteiger charge is -2.11. The van der Waals surface area contributed by atoms with Crippen LogP contribution in [0.5, 0.6) is 5.75 Å². The van der Waals surface area contributed by atoms with E-state index in [4.69, 9.17) is 33.6 Å². The first-order valence-electron chi connectivity index (χ1n) is 11.1. The van der Waals surface area contributed by atoms with Gasteiger partial charge in [0.1, 0.15) is 12.4 Å². The molecule has 0 bridgehead atoms. The molecule has 0 unspecified atom stereocenters. The molecular weight excluding hydrogens is 473 g/mol. The zero-order valence-electron chi connectivity index (χ0n) is 20.4. The summed E-state index contributed by atoms with van der Waals surface area (Å²) in [5.41, 5.74) is 2.38. The minimum atomic E-state index is -5.08. The highest BCUT2D eigenvalue weighted by Gasteiger charge is 2.38. The van der Waals surface area contributed by atoms with Gasteiger partial charge in [-0.15, -0.1) is 0 Å². The average molecular weight is 509 g/mol. The largest absolute Gasteiger partial charge is 0.490 e. The molecule has 2 N–H and O–H groups in total. The molecule has 9 nitrogen and oxygen atoms in total. The minimum Gasteiger partial charge on any atom is -0.490 e. The number of alkyl halides is 3. The molecule has 0 fully saturated rings. The number of likely N-dealkylation sites (N-methyl/N-ethyl adjacent to an activating group) is 1. The summed E-state index contributed by atoms with van der Waals surface area (Å²) in [6.45, 7) is 5.48. The maximum atomic E-state index is 10.6. The van der Waals surface area contributed by atoms with Crippen molar-refractivity contribution in [2.24, 2.45) is 0 Å². The number of carboxylic acid groups (broad SMARTS) is 1. The molecule has 0 aliphatic heterocycles. The van der Waals surface area contributed by atoms with Crippen LogP contribution in [0.2, 0.25) is 0 Å². The van der Waals surface area contributed by atoms with Crippen molar-refractivity contribution >= 4 is 16.9 Å². The molecule has 200 valence electrons. The normalized spacial score (nSPS) is 11.5. The molecule has 0 saturated carbocycles. The van der Waals surface area contributed by atoms with Crippen LogP contribution in [0, 0.1) is 0 Å². The number of carbonyl (C=O) groups is 1. The summed E-state index contributed by atoms with van der Waals surface area (Å²) >= 11 is 0. The lowest BCUT2D eigenvalue weighted by molar-refractivity contribution is -0.192. The SMILES string of the molecule is COCCOCCOCCOCCOc1cccc2[nH]cc(CCN(C)C)c12.O=C(O)C(F)(F)F. The van der Waals surface area contributed by atoms with Crippen LogP contribution in [-0.2, 0) is 30.2 Å². The highest BCUT2D eigenvalue weighted by atomic mass is 19.4. The number of H-pyrrole nitrogens is 1. The fraction of sp³-hybridized carbons (Fsp3) is 0.609. The van der Waals surface area contributed by atoms with Crippen molar-refractivity contribution < 1.29 is 46.8 Å². The maximum Gasteiger partial charge on any atom is 0.490 e. The number of fused-ring (bicyclic) bond motifs is 1. The zero-order valence-corrected chi connectivity index (χ0v) is 20.4. The Kier molecular flexibility index (Phi) is 15.0. The zero-order chi connectivity index (χ0) is 26.1. The van der Waals surface area contributed by atoms with Crippen molar-refractivity contribution in [3.05, 3.63) is 30.0 Å². The van der Waals surface area contributed by atoms with Gasteiger partial charge in [-0.25, -0.2) is 4.79 Å². The number of aromatic nitrogens is 1. The Bertz CT molecular complexity index is 844. The molecule has 12 heteroatoms. The Labute approximate surface area is 203 Å². The number of rotatable bonds is 16. The fourth-order valence-electron chi connectivity index (χ4n) is 2.78. The number of aromatic amines is 1. The number of aliphatic carboxylic acids is 1. The van der Waals surface area contributed by atoms with E-state index in [-0.39, 0.29) is 0 Å². The number of carboxylic acids is 1. The van der Waals surface area contributed by atoms with Gasteiger partial charge >= 0.3 is 12.1 Å². The molecule has 0 radical (unpaired) electrons. The third-order valence-electron chi connectivity index (χ3n) is 4.48. The molecule has 0 aliphatic rings. The van der Waals surface area contributed by atoms with Gasteiger partial charge < -0.3 is 38.7 Å². The first-order valence-corrected chi connectivity index (χ1v) is 11.1. The molecular formula is C23H35F3N2O7. The molecule has 0 saturated heterocycles. The van der Waals surface area contributed by atoms with Crippen LogP contribution < -0.4 is 4.74 Å². The highest BCUT2D eigenvalue weighted by Crippen LogP contribution is 2.29. The summed E-state index contributed by atoms with van der Waals surface area (Å²) in [5.74, 6) is -1.85. The van der Waals surface area contributed by atoms with E-state index in [1.807, 2.05) is 12.1 Å². The summed E-state index contributed by atoms with van der Waals surface area (Å²) in [7, 11) is 5.83. The molecule has 0 atom stereocenters. The van der Waals surface area contributed by atoms with Gasteiger partial charge in [0.15, 0.2) is 0 Å². The van der Waals surface area contributed by atoms with Gasteiger partial charge in [0.05, 0.1) is 46.2 Å². The Morgan fingerprint density at radius 1 is 0.971 bits per heavy atom. The van der Waals surface area contributed by atoms with E-state index in [9.17, 15) is 13.2 Å². The van der Waals surface area contributed by atoms with Crippen LogP contribution in [0.1, 0.15) is 5.56 Å². The number of methoxy groups -OCH3 is 1. The van der Waals surface area contributed by atoms with Gasteiger partial charge in [-0.1, -0.05) is 6.07 Å². The van der Waals surface area contributed by atoms with E-state index < -0.39 is 12.1 Å². The Morgan fingerprint density at radius 3 is 2.03 bits per heavy atom. The molecule has 1 aromatic heterocycles. The lowest BCUT2D eigenvalue weighted by atomic mass is 10.1. The van der Waals surface area contributed by atoms with E-state index in [0.29, 0.717) is 52.9 Å². The number of hydrogen-bond donors (Lipinski definition) is 2. The number of halogens is 3. The topological polar surface area (TPSA) is 102 Å². The van der Waals surface area contributed by atoms with Gasteiger partial charge in [-0.3, -0.25) is 0 Å². The summed E-state index contributed by atoms with van der Waals surface area (Å²) in [6.07, 6.45) is -2.02. The number of hydrogen-bond acceptors (Lipinski definition) is 7. The van der Waals surface area contributed by atoms with Crippen LogP contribution >= 0.6 is 0 Å². The predicted octanol–water partition coefficient (Wildman–Crippen LogP) is 2.98. The van der Waals surface area contributed by atoms with E-state index in [1.165, 1.54) is 10.9 Å². The molecule has 2 rings (SSSR count). The molecule has 35 heavy (non-hydrogen) atoms. The predicted molar refractivity (Wildman–Crippen MR) is 124 cm³/mol. The van der Waals surface area contributed by atoms with E-state index in [0.717, 1.165) is 24.2 Å². The Morgan fingerprint density at radius 2 is 1.51 bits per heavy atom. The number of nitrogens with zero attached hydrogens (tertiary/aromatic N) is 1. The van der Waals surface area contributed by atoms with Crippen molar-refractivity contribution in [2.75, 3.05) is 80.6 Å². The van der Waals surface area contributed by atoms with Crippen molar-refractivity contribution in [3.8, 4) is 5.75 Å². The molecule has 2 aromatic rings. The van der Waals surface area contributed by atoms with Gasteiger partial charge in [0.25, 0.3) is 0 Å². The van der Waals surface area contributed by atoms with E-state index in [2.05, 4.69) is 36.2 Å². The molecule has 1 heterocycles. The van der Waals surface area contributed by atoms with Crippen LogP contribution in [0.3, 0.4) is 0 Å². The summed E-state index contributed by atoms with van der Waals surface area (Å²) in [6, 6.07) is 6.10. The standard InChI is InChI=1S/C21H34N2O5.C2HF3O2/c1-23(2)8-7-18-17-22-19-5-4-6-20(21(18)19)28-16-15-27-14-13-26-12-11-25-10-9-24-3;3-2(4,5)1(6)7/h4-6,17,22H,7-16H2,1-3H3;(H,6,7). The van der Waals surface area contributed by atoms with E-state index in [1.54, 1.807) is 7.11 Å². The van der Waals surface area contributed by atoms with Crippen LogP contribution in [0.4, 0.5) is 13.2 Å². The second-order valence-electron chi connectivity index (χ2n) is 7.53. The second-order valence-corrected chi connectivity index (χ2v) is 7.53. The fourth-order valence-corrected chi connectivity index (χ4v) is 2.78. The van der Waals surface area contributed by atoms with Crippen molar-refractivity contribution in [2.45, 2.75) is 12.6 Å². The molecule has 1 aromatic carbocycles. The van der Waals surface area contributed by atoms with Gasteiger partial charge in [-0.05, 0) is 38.2 Å². The summed E-state index contributed by atoms with van der Waals surface area (Å²) in [5, 5.41) is 8.29. The monoisotopic (exact) mass is 508 g/mol. The van der Waals surface area contributed by atoms with Crippen molar-refractivity contribution in [3.63, 3.8) is 0 Å². The molecule has 0 aliphatic carbocycles. The Hall–Kier alpha value is -2.38. The van der Waals surface area contributed by atoms with Crippen LogP contribution in [0.25, 0.3) is 10.9 Å². The number of nitrogens with one attached hydrogen (secondary N) is 1. The second kappa shape index (κ2) is 17.1. The summed E-state index contributed by atoms with van der Waals surface area (Å²) in [4.78, 5) is 14.4. The van der Waals surface area contributed by atoms with Gasteiger partial charge in [0.2, 0.25) is 0 Å². The average Bonchev–Trinajstić information content (AvgIpc) is 3.22. The number of benzene rings is 1. The van der Waals surface area contributed by atoms with E-state index >= 15 is 0 Å². The lowest BCUT2D eigenvalue weighted by Crippen LogP contribution is -2.21. The minimum absolute atomic E-state index is 0.511. The maximum absolute atomic E-state index is 10.6. The summed E-state index contributed by atoms with van der Waals surface area (Å²) < 4.78 is 59.0. The highest BCUT2D eigenvalue weighted by molar-refractivity contribution is 5.89. The smallest absolute Gasteiger partial charge is 0.490 e. The van der Waals surface area contributed by atoms with Gasteiger partial charge in [0, 0.05) is 30.8 Å². The third-order valence-corrected chi connectivity index (χ3v) is 4.48. The quantitative estimate of drug-likeness (QED) is 0.334. The molecule has 0 amide bonds. The van der Waals surface area contributed by atoms with Gasteiger partial charge in [-0.2, -0.15) is 13.2 Å². The van der Waals surface area contributed by atoms with Crippen LogP contribution in [-0.4, -0.2) is 108 Å². The van der Waals surface area contributed by atoms with Crippen molar-refractivity contribution in [1.82, 2.24) is 9.88 Å². The Balaban J connectivity index is 0.000000762. The third kappa shape index (κ3) is 13.3. The van der Waals surface area contributed by atoms with Crippen molar-refractivity contribution in [1.29, 1.82) is 0 Å². The first-order chi connectivity index (χ1) is 16.7.